The Kier molecular flexibility index (Phi) is 0.974. The van der Waals surface area contributed by atoms with Gasteiger partial charge in [-0.05, 0) is 11.8 Å². The lowest BCUT2D eigenvalue weighted by molar-refractivity contribution is 0.724. The van der Waals surface area contributed by atoms with Crippen LogP contribution in [0.3, 0.4) is 0 Å². The van der Waals surface area contributed by atoms with Crippen molar-refractivity contribution in [1.29, 1.82) is 0 Å². The molecule has 8 heavy (non-hydrogen) atoms. The lowest BCUT2D eigenvalue weighted by Gasteiger charge is -2.09. The van der Waals surface area contributed by atoms with E-state index in [4.69, 9.17) is 0 Å². The molecule has 0 saturated heterocycles. The second kappa shape index (κ2) is 1.63. The van der Waals surface area contributed by atoms with E-state index in [9.17, 15) is 0 Å². The molecule has 0 unspecified atom stereocenters. The Balaban J connectivity index is 2.79. The summed E-state index contributed by atoms with van der Waals surface area (Å²) in [6.07, 6.45) is 0. The minimum Gasteiger partial charge on any atom is -0.292 e. The van der Waals surface area contributed by atoms with E-state index in [1.807, 2.05) is 0 Å². The molecule has 0 aromatic rings. The second-order valence-corrected chi connectivity index (χ2v) is 1.46. The Bertz CT molecular complexity index is 172. The fourth-order valence-corrected chi connectivity index (χ4v) is 0.364. The van der Waals surface area contributed by atoms with Gasteiger partial charge in [0.15, 0.2) is 0 Å². The molecule has 2 N–H and O–H groups in total. The van der Waals surface area contributed by atoms with Gasteiger partial charge in [0.25, 0.3) is 0 Å². The first-order valence-corrected chi connectivity index (χ1v) is 2.21. The highest BCUT2D eigenvalue weighted by Crippen LogP contribution is 1.87. The molecule has 0 amide bonds. The van der Waals surface area contributed by atoms with Gasteiger partial charge >= 0.3 is 0 Å². The first-order valence-electron chi connectivity index (χ1n) is 2.21. The second-order valence-electron chi connectivity index (χ2n) is 1.46. The van der Waals surface area contributed by atoms with Crippen molar-refractivity contribution in [3.05, 3.63) is 24.6 Å². The fraction of sp³-hybridized carbons (Fsp3) is 0. The minimum atomic E-state index is 0.678. The molecule has 2 heteroatoms. The topological polar surface area (TPSA) is 24.1 Å². The van der Waals surface area contributed by atoms with Gasteiger partial charge in [-0.2, -0.15) is 0 Å². The normalized spacial score (nSPS) is 15.5. The largest absolute Gasteiger partial charge is 0.292 e. The standard InChI is InChI=1S/C6H6N2/c1-5-3-4-6(2)8-7-5/h7-8H,1-2H2. The molecule has 0 aromatic carbocycles. The van der Waals surface area contributed by atoms with Crippen LogP contribution >= 0.6 is 0 Å². The summed E-state index contributed by atoms with van der Waals surface area (Å²) >= 11 is 0. The molecule has 0 radical (unpaired) electrons. The van der Waals surface area contributed by atoms with Gasteiger partial charge in [-0.3, -0.25) is 10.9 Å². The molecule has 1 aliphatic rings. The number of hydrogen-bond acceptors (Lipinski definition) is 2. The summed E-state index contributed by atoms with van der Waals surface area (Å²) in [4.78, 5) is 0. The summed E-state index contributed by atoms with van der Waals surface area (Å²) in [5, 5.41) is 0. The van der Waals surface area contributed by atoms with Crippen LogP contribution in [0.25, 0.3) is 0 Å². The van der Waals surface area contributed by atoms with Gasteiger partial charge in [0.2, 0.25) is 0 Å². The van der Waals surface area contributed by atoms with Crippen LogP contribution in [0.5, 0.6) is 0 Å². The van der Waals surface area contributed by atoms with Crippen LogP contribution in [0.15, 0.2) is 24.6 Å². The van der Waals surface area contributed by atoms with E-state index in [1.165, 1.54) is 0 Å². The summed E-state index contributed by atoms with van der Waals surface area (Å²) in [6, 6.07) is 0. The Labute approximate surface area is 48.2 Å². The van der Waals surface area contributed by atoms with Crippen molar-refractivity contribution in [1.82, 2.24) is 10.9 Å². The van der Waals surface area contributed by atoms with Crippen LogP contribution < -0.4 is 10.9 Å². The van der Waals surface area contributed by atoms with Crippen LogP contribution in [-0.2, 0) is 0 Å². The van der Waals surface area contributed by atoms with E-state index < -0.39 is 0 Å². The van der Waals surface area contributed by atoms with Crippen LogP contribution in [0.4, 0.5) is 0 Å². The number of rotatable bonds is 0. The monoisotopic (exact) mass is 106 g/mol. The first-order chi connectivity index (χ1) is 3.79. The molecule has 2 nitrogen and oxygen atoms in total. The van der Waals surface area contributed by atoms with Gasteiger partial charge < -0.3 is 0 Å². The van der Waals surface area contributed by atoms with Crippen LogP contribution in [0.2, 0.25) is 0 Å². The lowest BCUT2D eigenvalue weighted by atomic mass is 10.4. The molecule has 0 saturated carbocycles. The number of hydrazine groups is 1. The Hall–Kier alpha value is -1.36. The lowest BCUT2D eigenvalue weighted by Crippen LogP contribution is -2.30. The third kappa shape index (κ3) is 0.824. The molecule has 1 heterocycles. The Morgan fingerprint density at radius 1 is 1.00 bits per heavy atom. The maximum Gasteiger partial charge on any atom is 0.0970 e. The average Bonchev–Trinajstić information content (AvgIpc) is 1.77. The summed E-state index contributed by atoms with van der Waals surface area (Å²) in [7, 11) is 0. The fourth-order valence-electron chi connectivity index (χ4n) is 0.364. The molecule has 40 valence electrons. The molecule has 0 aliphatic carbocycles. The number of nitrogens with one attached hydrogen (secondary N) is 2. The minimum absolute atomic E-state index is 0.678. The van der Waals surface area contributed by atoms with Crippen molar-refractivity contribution in [2.45, 2.75) is 0 Å². The highest BCUT2D eigenvalue weighted by molar-refractivity contribution is 5.36. The van der Waals surface area contributed by atoms with Crippen LogP contribution in [-0.4, -0.2) is 0 Å². The number of allylic oxidation sites excluding steroid dienone is 2. The van der Waals surface area contributed by atoms with Crippen molar-refractivity contribution >= 4 is 0 Å². The quantitative estimate of drug-likeness (QED) is 0.429. The van der Waals surface area contributed by atoms with Gasteiger partial charge in [-0.25, -0.2) is 0 Å². The molecule has 0 spiro atoms. The Morgan fingerprint density at radius 2 is 1.38 bits per heavy atom. The maximum absolute atomic E-state index is 3.56. The van der Waals surface area contributed by atoms with E-state index in [0.29, 0.717) is 11.4 Å². The molecule has 0 aromatic heterocycles. The highest BCUT2D eigenvalue weighted by Gasteiger charge is 1.91. The average molecular weight is 106 g/mol. The van der Waals surface area contributed by atoms with Gasteiger partial charge in [-0.1, -0.05) is 13.2 Å². The van der Waals surface area contributed by atoms with Crippen molar-refractivity contribution < 1.29 is 0 Å². The van der Waals surface area contributed by atoms with E-state index >= 15 is 0 Å². The van der Waals surface area contributed by atoms with Gasteiger partial charge in [0.05, 0.1) is 11.4 Å². The zero-order chi connectivity index (χ0) is 5.98. The third-order valence-electron chi connectivity index (χ3n) is 0.729. The summed E-state index contributed by atoms with van der Waals surface area (Å²) in [6.45, 7) is 7.12. The highest BCUT2D eigenvalue weighted by atomic mass is 15.4. The Morgan fingerprint density at radius 3 is 1.62 bits per heavy atom. The van der Waals surface area contributed by atoms with E-state index in [2.05, 4.69) is 35.9 Å². The van der Waals surface area contributed by atoms with Crippen molar-refractivity contribution in [3.8, 4) is 11.8 Å². The van der Waals surface area contributed by atoms with Gasteiger partial charge in [-0.15, -0.1) is 0 Å². The van der Waals surface area contributed by atoms with E-state index in [0.717, 1.165) is 0 Å². The zero-order valence-corrected chi connectivity index (χ0v) is 4.41. The predicted octanol–water partition coefficient (Wildman–Crippen LogP) is 0.125. The first kappa shape index (κ1) is 4.79. The van der Waals surface area contributed by atoms with Crippen molar-refractivity contribution in [3.63, 3.8) is 0 Å². The smallest absolute Gasteiger partial charge is 0.0970 e. The maximum atomic E-state index is 3.56. The van der Waals surface area contributed by atoms with Crippen molar-refractivity contribution in [2.24, 2.45) is 0 Å². The zero-order valence-electron chi connectivity index (χ0n) is 4.41. The number of hydrogen-bond donors (Lipinski definition) is 2. The molecule has 0 atom stereocenters. The molecule has 0 bridgehead atoms. The molecule has 0 fully saturated rings. The molecular formula is C6H6N2. The SMILES string of the molecule is C=C1C#CC(=C)NN1. The predicted molar refractivity (Wildman–Crippen MR) is 32.3 cm³/mol. The van der Waals surface area contributed by atoms with Crippen LogP contribution in [0.1, 0.15) is 0 Å². The van der Waals surface area contributed by atoms with Gasteiger partial charge in [0, 0.05) is 0 Å². The van der Waals surface area contributed by atoms with Crippen LogP contribution in [0, 0.1) is 11.8 Å². The summed E-state index contributed by atoms with van der Waals surface area (Å²) in [5.41, 5.74) is 6.78. The molecule has 1 aliphatic heterocycles. The molecule has 1 rings (SSSR count). The van der Waals surface area contributed by atoms with E-state index in [-0.39, 0.29) is 0 Å². The summed E-state index contributed by atoms with van der Waals surface area (Å²) < 4.78 is 0. The van der Waals surface area contributed by atoms with Crippen molar-refractivity contribution in [2.75, 3.05) is 0 Å². The third-order valence-corrected chi connectivity index (χ3v) is 0.729. The van der Waals surface area contributed by atoms with Gasteiger partial charge in [0.1, 0.15) is 0 Å². The van der Waals surface area contributed by atoms with E-state index in [1.54, 1.807) is 0 Å². The molecular weight excluding hydrogens is 100 g/mol. The summed E-state index contributed by atoms with van der Waals surface area (Å²) in [5.74, 6) is 5.43.